The van der Waals surface area contributed by atoms with E-state index in [0.29, 0.717) is 29.0 Å². The number of piperidine rings is 2. The highest BCUT2D eigenvalue weighted by Crippen LogP contribution is 2.26. The molecule has 1 unspecified atom stereocenters. The van der Waals surface area contributed by atoms with Gasteiger partial charge in [0.05, 0.1) is 0 Å². The van der Waals surface area contributed by atoms with Crippen molar-refractivity contribution in [2.24, 2.45) is 11.8 Å². The van der Waals surface area contributed by atoms with Gasteiger partial charge < -0.3 is 4.90 Å². The molecule has 2 aliphatic rings. The Balaban J connectivity index is 1.53. The van der Waals surface area contributed by atoms with Crippen molar-refractivity contribution in [2.45, 2.75) is 39.2 Å². The zero-order valence-electron chi connectivity index (χ0n) is 14.3. The van der Waals surface area contributed by atoms with E-state index in [1.165, 1.54) is 12.5 Å². The fraction of sp³-hybridized carbons (Fsp3) is 0.632. The summed E-state index contributed by atoms with van der Waals surface area (Å²) in [6.07, 6.45) is 4.06. The van der Waals surface area contributed by atoms with Crippen LogP contribution in [0.4, 0.5) is 4.39 Å². The topological polar surface area (TPSA) is 23.6 Å². The van der Waals surface area contributed by atoms with Gasteiger partial charge in [-0.2, -0.15) is 0 Å². The standard InChI is InChI=1S/C19H26ClFN2O/c1-14-4-3-9-23(12-14)19(24)15-7-10-22(11-8-15)13-16-17(20)5-2-6-18(16)21/h2,5-6,14-15H,3-4,7-13H2,1H3. The summed E-state index contributed by atoms with van der Waals surface area (Å²) >= 11 is 6.12. The molecule has 2 aliphatic heterocycles. The Morgan fingerprint density at radius 2 is 2.00 bits per heavy atom. The van der Waals surface area contributed by atoms with Crippen LogP contribution in [0.5, 0.6) is 0 Å². The van der Waals surface area contributed by atoms with Crippen molar-refractivity contribution in [3.05, 3.63) is 34.6 Å². The second kappa shape index (κ2) is 7.83. The lowest BCUT2D eigenvalue weighted by molar-refractivity contribution is -0.138. The van der Waals surface area contributed by atoms with Crippen LogP contribution in [0.15, 0.2) is 18.2 Å². The van der Waals surface area contributed by atoms with Crippen LogP contribution in [0.2, 0.25) is 5.02 Å². The highest BCUT2D eigenvalue weighted by atomic mass is 35.5. The van der Waals surface area contributed by atoms with Crippen molar-refractivity contribution in [1.82, 2.24) is 9.80 Å². The molecule has 0 aromatic heterocycles. The molecule has 5 heteroatoms. The number of amides is 1. The molecule has 1 aromatic carbocycles. The fourth-order valence-electron chi connectivity index (χ4n) is 3.89. The van der Waals surface area contributed by atoms with E-state index in [1.54, 1.807) is 12.1 Å². The Kier molecular flexibility index (Phi) is 5.77. The van der Waals surface area contributed by atoms with Crippen LogP contribution in [0, 0.1) is 17.7 Å². The lowest BCUT2D eigenvalue weighted by atomic mass is 9.92. The highest BCUT2D eigenvalue weighted by Gasteiger charge is 2.30. The summed E-state index contributed by atoms with van der Waals surface area (Å²) in [4.78, 5) is 17.0. The largest absolute Gasteiger partial charge is 0.342 e. The maximum atomic E-state index is 13.9. The van der Waals surface area contributed by atoms with Gasteiger partial charge in [-0.15, -0.1) is 0 Å². The van der Waals surface area contributed by atoms with Crippen LogP contribution in [0.1, 0.15) is 38.2 Å². The second-order valence-corrected chi connectivity index (χ2v) is 7.69. The summed E-state index contributed by atoms with van der Waals surface area (Å²) in [6, 6.07) is 4.81. The molecule has 1 aromatic rings. The fourth-order valence-corrected chi connectivity index (χ4v) is 4.12. The van der Waals surface area contributed by atoms with E-state index in [2.05, 4.69) is 16.7 Å². The van der Waals surface area contributed by atoms with Crippen molar-refractivity contribution in [3.63, 3.8) is 0 Å². The summed E-state index contributed by atoms with van der Waals surface area (Å²) < 4.78 is 13.9. The van der Waals surface area contributed by atoms with Crippen LogP contribution in [-0.4, -0.2) is 41.9 Å². The first kappa shape index (κ1) is 17.7. The van der Waals surface area contributed by atoms with E-state index in [0.717, 1.165) is 45.4 Å². The number of likely N-dealkylation sites (tertiary alicyclic amines) is 2. The maximum Gasteiger partial charge on any atom is 0.225 e. The Morgan fingerprint density at radius 1 is 1.25 bits per heavy atom. The number of rotatable bonds is 3. The van der Waals surface area contributed by atoms with Gasteiger partial charge in [-0.05, 0) is 56.8 Å². The predicted octanol–water partition coefficient (Wildman–Crippen LogP) is 3.95. The Morgan fingerprint density at radius 3 is 2.67 bits per heavy atom. The molecule has 0 radical (unpaired) electrons. The first-order chi connectivity index (χ1) is 11.5. The number of benzene rings is 1. The molecule has 2 saturated heterocycles. The van der Waals surface area contributed by atoms with E-state index in [-0.39, 0.29) is 11.7 Å². The zero-order valence-corrected chi connectivity index (χ0v) is 15.1. The lowest BCUT2D eigenvalue weighted by Crippen LogP contribution is -2.45. The quantitative estimate of drug-likeness (QED) is 0.822. The summed E-state index contributed by atoms with van der Waals surface area (Å²) in [7, 11) is 0. The van der Waals surface area contributed by atoms with Crippen molar-refractivity contribution in [3.8, 4) is 0 Å². The van der Waals surface area contributed by atoms with Gasteiger partial charge in [-0.1, -0.05) is 24.6 Å². The number of hydrogen-bond donors (Lipinski definition) is 0. The zero-order chi connectivity index (χ0) is 17.1. The molecule has 0 saturated carbocycles. The minimum Gasteiger partial charge on any atom is -0.342 e. The molecule has 3 rings (SSSR count). The molecule has 24 heavy (non-hydrogen) atoms. The van der Waals surface area contributed by atoms with Crippen molar-refractivity contribution in [2.75, 3.05) is 26.2 Å². The molecule has 1 atom stereocenters. The minimum absolute atomic E-state index is 0.127. The summed E-state index contributed by atoms with van der Waals surface area (Å²) in [5.41, 5.74) is 0.564. The van der Waals surface area contributed by atoms with Gasteiger partial charge in [-0.3, -0.25) is 9.69 Å². The molecular formula is C19H26ClFN2O. The number of carbonyl (C=O) groups is 1. The third-order valence-electron chi connectivity index (χ3n) is 5.35. The molecule has 2 heterocycles. The molecule has 0 bridgehead atoms. The molecular weight excluding hydrogens is 327 g/mol. The van der Waals surface area contributed by atoms with Crippen LogP contribution < -0.4 is 0 Å². The first-order valence-corrected chi connectivity index (χ1v) is 9.36. The summed E-state index contributed by atoms with van der Waals surface area (Å²) in [5.74, 6) is 0.821. The number of halogens is 2. The molecule has 1 amide bonds. The smallest absolute Gasteiger partial charge is 0.225 e. The summed E-state index contributed by atoms with van der Waals surface area (Å²) in [6.45, 7) is 6.21. The van der Waals surface area contributed by atoms with E-state index < -0.39 is 0 Å². The van der Waals surface area contributed by atoms with Crippen LogP contribution >= 0.6 is 11.6 Å². The number of nitrogens with zero attached hydrogens (tertiary/aromatic N) is 2. The number of carbonyl (C=O) groups excluding carboxylic acids is 1. The average Bonchev–Trinajstić information content (AvgIpc) is 2.58. The third kappa shape index (κ3) is 4.09. The molecule has 0 N–H and O–H groups in total. The number of hydrogen-bond acceptors (Lipinski definition) is 2. The normalized spacial score (nSPS) is 23.5. The Hall–Kier alpha value is -1.13. The third-order valence-corrected chi connectivity index (χ3v) is 5.70. The SMILES string of the molecule is CC1CCCN(C(=O)C2CCN(Cc3c(F)cccc3Cl)CC2)C1. The van der Waals surface area contributed by atoms with E-state index in [1.807, 2.05) is 0 Å². The molecule has 0 aliphatic carbocycles. The highest BCUT2D eigenvalue weighted by molar-refractivity contribution is 6.31. The Labute approximate surface area is 148 Å². The summed E-state index contributed by atoms with van der Waals surface area (Å²) in [5, 5.41) is 0.482. The Bertz CT molecular complexity index is 566. The van der Waals surface area contributed by atoms with Gasteiger partial charge in [-0.25, -0.2) is 4.39 Å². The van der Waals surface area contributed by atoms with Crippen molar-refractivity contribution >= 4 is 17.5 Å². The van der Waals surface area contributed by atoms with Crippen LogP contribution in [0.3, 0.4) is 0 Å². The van der Waals surface area contributed by atoms with Gasteiger partial charge in [0.25, 0.3) is 0 Å². The van der Waals surface area contributed by atoms with Crippen molar-refractivity contribution < 1.29 is 9.18 Å². The first-order valence-electron chi connectivity index (χ1n) is 8.98. The van der Waals surface area contributed by atoms with E-state index >= 15 is 0 Å². The van der Waals surface area contributed by atoms with Gasteiger partial charge in [0.2, 0.25) is 5.91 Å². The van der Waals surface area contributed by atoms with Crippen molar-refractivity contribution in [1.29, 1.82) is 0 Å². The average molecular weight is 353 g/mol. The molecule has 2 fully saturated rings. The van der Waals surface area contributed by atoms with Gasteiger partial charge in [0, 0.05) is 36.1 Å². The van der Waals surface area contributed by atoms with Gasteiger partial charge >= 0.3 is 0 Å². The molecule has 0 spiro atoms. The monoisotopic (exact) mass is 352 g/mol. The van der Waals surface area contributed by atoms with E-state index in [9.17, 15) is 9.18 Å². The van der Waals surface area contributed by atoms with E-state index in [4.69, 9.17) is 11.6 Å². The minimum atomic E-state index is -0.247. The van der Waals surface area contributed by atoms with Crippen LogP contribution in [-0.2, 0) is 11.3 Å². The molecule has 3 nitrogen and oxygen atoms in total. The lowest BCUT2D eigenvalue weighted by Gasteiger charge is -2.37. The van der Waals surface area contributed by atoms with Crippen LogP contribution in [0.25, 0.3) is 0 Å². The maximum absolute atomic E-state index is 13.9. The second-order valence-electron chi connectivity index (χ2n) is 7.28. The predicted molar refractivity (Wildman–Crippen MR) is 94.4 cm³/mol. The van der Waals surface area contributed by atoms with Gasteiger partial charge in [0.15, 0.2) is 0 Å². The molecule has 132 valence electrons. The van der Waals surface area contributed by atoms with Gasteiger partial charge in [0.1, 0.15) is 5.82 Å².